The predicted octanol–water partition coefficient (Wildman–Crippen LogP) is -0.154. The van der Waals surface area contributed by atoms with Crippen LogP contribution in [0.25, 0.3) is 0 Å². The minimum Gasteiger partial charge on any atom is -0.390 e. The van der Waals surface area contributed by atoms with E-state index in [1.807, 2.05) is 0 Å². The zero-order valence-corrected chi connectivity index (χ0v) is 9.68. The molecule has 1 rings (SSSR count). The minimum absolute atomic E-state index is 0.167. The number of hydrogen-bond donors (Lipinski definition) is 4. The van der Waals surface area contributed by atoms with E-state index in [9.17, 15) is 19.0 Å². The van der Waals surface area contributed by atoms with Crippen LogP contribution in [0, 0.1) is 5.92 Å². The van der Waals surface area contributed by atoms with Crippen LogP contribution in [0.5, 0.6) is 0 Å². The van der Waals surface area contributed by atoms with Gasteiger partial charge in [-0.25, -0.2) is 8.78 Å². The Hall–Kier alpha value is -0.530. The monoisotopic (exact) mass is 254 g/mol. The molecule has 94 valence electrons. The van der Waals surface area contributed by atoms with Crippen molar-refractivity contribution in [2.45, 2.75) is 37.5 Å². The second-order valence-electron chi connectivity index (χ2n) is 3.89. The molecule has 0 aliphatic heterocycles. The van der Waals surface area contributed by atoms with Gasteiger partial charge in [-0.3, -0.25) is 0 Å². The van der Waals surface area contributed by atoms with E-state index in [4.69, 9.17) is 12.2 Å². The van der Waals surface area contributed by atoms with E-state index >= 15 is 0 Å². The molecule has 0 radical (unpaired) electrons. The summed E-state index contributed by atoms with van der Waals surface area (Å²) in [5.74, 6) is -1.16. The van der Waals surface area contributed by atoms with Crippen LogP contribution >= 0.6 is 12.2 Å². The van der Waals surface area contributed by atoms with Gasteiger partial charge in [-0.15, -0.1) is 0 Å². The minimum atomic E-state index is -2.61. The standard InChI is InChI=1S/C9H16F2N2O2S/c1-12-9(16)13-5-3-2-4(8(10)11)6(14)7(5)15/h4-8,14-15H,2-3H2,1H3,(H2,12,13,16)/t4?,5-,6+,7?/m0/s1. The zero-order valence-electron chi connectivity index (χ0n) is 8.86. The Morgan fingerprint density at radius 3 is 2.44 bits per heavy atom. The molecular weight excluding hydrogens is 238 g/mol. The lowest BCUT2D eigenvalue weighted by molar-refractivity contribution is -0.103. The maximum atomic E-state index is 12.5. The lowest BCUT2D eigenvalue weighted by Crippen LogP contribution is -2.56. The average molecular weight is 254 g/mol. The van der Waals surface area contributed by atoms with Crippen molar-refractivity contribution < 1.29 is 19.0 Å². The first-order chi connectivity index (χ1) is 7.47. The second kappa shape index (κ2) is 5.70. The van der Waals surface area contributed by atoms with Crippen LogP contribution in [0.1, 0.15) is 12.8 Å². The molecule has 0 aromatic rings. The quantitative estimate of drug-likeness (QED) is 0.516. The molecule has 1 aliphatic carbocycles. The molecule has 0 heterocycles. The van der Waals surface area contributed by atoms with E-state index in [0.717, 1.165) is 0 Å². The maximum Gasteiger partial charge on any atom is 0.244 e. The average Bonchev–Trinajstić information content (AvgIpc) is 2.24. The van der Waals surface area contributed by atoms with Gasteiger partial charge in [0.1, 0.15) is 6.10 Å². The van der Waals surface area contributed by atoms with E-state index in [1.165, 1.54) is 0 Å². The number of halogens is 2. The predicted molar refractivity (Wildman–Crippen MR) is 59.3 cm³/mol. The number of aliphatic hydroxyl groups excluding tert-OH is 2. The smallest absolute Gasteiger partial charge is 0.244 e. The highest BCUT2D eigenvalue weighted by molar-refractivity contribution is 7.80. The van der Waals surface area contributed by atoms with Crippen LogP contribution in [0.4, 0.5) is 8.78 Å². The molecule has 4 nitrogen and oxygen atoms in total. The summed E-state index contributed by atoms with van der Waals surface area (Å²) < 4.78 is 24.9. The third-order valence-electron chi connectivity index (χ3n) is 2.88. The normalized spacial score (nSPS) is 34.9. The number of thiocarbonyl (C=S) groups is 1. The number of hydrogen-bond acceptors (Lipinski definition) is 3. The summed E-state index contributed by atoms with van der Waals surface area (Å²) in [4.78, 5) is 0. The second-order valence-corrected chi connectivity index (χ2v) is 4.30. The molecule has 4 atom stereocenters. The summed E-state index contributed by atoms with van der Waals surface area (Å²) >= 11 is 4.85. The van der Waals surface area contributed by atoms with Crippen LogP contribution in [0.3, 0.4) is 0 Å². The van der Waals surface area contributed by atoms with Crippen LogP contribution < -0.4 is 10.6 Å². The maximum absolute atomic E-state index is 12.5. The molecule has 0 bridgehead atoms. The molecule has 0 aromatic heterocycles. The fourth-order valence-electron chi connectivity index (χ4n) is 1.88. The van der Waals surface area contributed by atoms with Gasteiger partial charge in [0, 0.05) is 13.0 Å². The first kappa shape index (κ1) is 13.5. The van der Waals surface area contributed by atoms with Crippen LogP contribution in [0.15, 0.2) is 0 Å². The van der Waals surface area contributed by atoms with Gasteiger partial charge in [-0.05, 0) is 25.1 Å². The van der Waals surface area contributed by atoms with Gasteiger partial charge in [0.05, 0.1) is 12.1 Å². The molecule has 4 N–H and O–H groups in total. The van der Waals surface area contributed by atoms with Crippen molar-refractivity contribution >= 4 is 17.3 Å². The van der Waals surface area contributed by atoms with Gasteiger partial charge >= 0.3 is 0 Å². The molecule has 1 fully saturated rings. The van der Waals surface area contributed by atoms with Crippen molar-refractivity contribution in [2.24, 2.45) is 5.92 Å². The Morgan fingerprint density at radius 2 is 1.94 bits per heavy atom. The molecule has 0 aromatic carbocycles. The number of nitrogens with one attached hydrogen (secondary N) is 2. The molecule has 1 aliphatic rings. The van der Waals surface area contributed by atoms with E-state index in [-0.39, 0.29) is 6.42 Å². The van der Waals surface area contributed by atoms with Crippen LogP contribution in [-0.2, 0) is 0 Å². The first-order valence-electron chi connectivity index (χ1n) is 5.10. The summed E-state index contributed by atoms with van der Waals surface area (Å²) in [5.41, 5.74) is 0. The van der Waals surface area contributed by atoms with Gasteiger partial charge in [0.25, 0.3) is 0 Å². The lowest BCUT2D eigenvalue weighted by atomic mass is 9.81. The number of aliphatic hydroxyl groups is 2. The topological polar surface area (TPSA) is 64.5 Å². The van der Waals surface area contributed by atoms with Crippen molar-refractivity contribution in [3.05, 3.63) is 0 Å². The van der Waals surface area contributed by atoms with E-state index in [1.54, 1.807) is 7.05 Å². The molecule has 0 spiro atoms. The van der Waals surface area contributed by atoms with Gasteiger partial charge < -0.3 is 20.8 Å². The summed E-state index contributed by atoms with van der Waals surface area (Å²) in [6, 6.07) is -0.482. The fraction of sp³-hybridized carbons (Fsp3) is 0.889. The molecule has 0 amide bonds. The number of rotatable bonds is 2. The molecule has 16 heavy (non-hydrogen) atoms. The van der Waals surface area contributed by atoms with Crippen molar-refractivity contribution in [3.8, 4) is 0 Å². The molecule has 1 saturated carbocycles. The van der Waals surface area contributed by atoms with E-state index in [2.05, 4.69) is 10.6 Å². The van der Waals surface area contributed by atoms with Gasteiger partial charge in [0.15, 0.2) is 5.11 Å². The van der Waals surface area contributed by atoms with E-state index in [0.29, 0.717) is 11.5 Å². The fourth-order valence-corrected chi connectivity index (χ4v) is 2.03. The third kappa shape index (κ3) is 2.99. The molecule has 2 unspecified atom stereocenters. The SMILES string of the molecule is CNC(=S)N[C@H]1CCC(C(F)F)[C@@H](O)C1O. The van der Waals surface area contributed by atoms with E-state index < -0.39 is 30.6 Å². The van der Waals surface area contributed by atoms with Crippen molar-refractivity contribution in [1.29, 1.82) is 0 Å². The summed E-state index contributed by atoms with van der Waals surface area (Å²) in [7, 11) is 1.61. The van der Waals surface area contributed by atoms with Gasteiger partial charge in [-0.2, -0.15) is 0 Å². The summed E-state index contributed by atoms with van der Waals surface area (Å²) in [6.45, 7) is 0. The third-order valence-corrected chi connectivity index (χ3v) is 3.20. The Labute approximate surface area is 98.0 Å². The highest BCUT2D eigenvalue weighted by Gasteiger charge is 2.41. The Bertz CT molecular complexity index is 256. The summed E-state index contributed by atoms with van der Waals surface area (Å²) in [5, 5.41) is 25.0. The Morgan fingerprint density at radius 1 is 1.31 bits per heavy atom. The Balaban J connectivity index is 2.57. The summed E-state index contributed by atoms with van der Waals surface area (Å²) in [6.07, 6.45) is -4.72. The number of alkyl halides is 2. The largest absolute Gasteiger partial charge is 0.390 e. The molecule has 0 saturated heterocycles. The highest BCUT2D eigenvalue weighted by atomic mass is 32.1. The van der Waals surface area contributed by atoms with Crippen LogP contribution in [0.2, 0.25) is 0 Å². The zero-order chi connectivity index (χ0) is 12.3. The van der Waals surface area contributed by atoms with Crippen molar-refractivity contribution in [1.82, 2.24) is 10.6 Å². The van der Waals surface area contributed by atoms with Crippen molar-refractivity contribution in [2.75, 3.05) is 7.05 Å². The highest BCUT2D eigenvalue weighted by Crippen LogP contribution is 2.29. The molecular formula is C9H16F2N2O2S. The van der Waals surface area contributed by atoms with Gasteiger partial charge in [-0.1, -0.05) is 0 Å². The van der Waals surface area contributed by atoms with Gasteiger partial charge in [0.2, 0.25) is 6.43 Å². The Kier molecular flexibility index (Phi) is 4.82. The van der Waals surface area contributed by atoms with Crippen LogP contribution in [-0.4, -0.2) is 47.0 Å². The van der Waals surface area contributed by atoms with Crippen molar-refractivity contribution in [3.63, 3.8) is 0 Å². The molecule has 7 heteroatoms. The lowest BCUT2D eigenvalue weighted by Gasteiger charge is -2.37. The first-order valence-corrected chi connectivity index (χ1v) is 5.50.